The number of amides is 3. The summed E-state index contributed by atoms with van der Waals surface area (Å²) in [5.41, 5.74) is 6.93. The Hall–Kier alpha value is -5.83. The number of phenolic OH excluding ortho intramolecular Hbond substituents is 1. The number of aryl methyl sites for hydroxylation is 1. The molecule has 15 heteroatoms. The van der Waals surface area contributed by atoms with E-state index in [-0.39, 0.29) is 65.9 Å². The van der Waals surface area contributed by atoms with Gasteiger partial charge in [-0.05, 0) is 86.4 Å². The Morgan fingerprint density at radius 3 is 2.60 bits per heavy atom. The summed E-state index contributed by atoms with van der Waals surface area (Å²) >= 11 is 1.60. The van der Waals surface area contributed by atoms with E-state index in [9.17, 15) is 19.5 Å². The number of likely N-dealkylation sites (tertiary alicyclic amines) is 1. The number of carbonyl (C=O) groups excluding carboxylic acids is 3. The van der Waals surface area contributed by atoms with Crippen LogP contribution in [0.5, 0.6) is 11.6 Å². The minimum atomic E-state index is -0.651. The van der Waals surface area contributed by atoms with Gasteiger partial charge in [0.05, 0.1) is 34.4 Å². The molecule has 2 aliphatic heterocycles. The van der Waals surface area contributed by atoms with Crippen molar-refractivity contribution in [3.05, 3.63) is 88.8 Å². The monoisotopic (exact) mass is 804 g/mol. The average molecular weight is 805 g/mol. The van der Waals surface area contributed by atoms with Crippen LogP contribution in [0.3, 0.4) is 0 Å². The third kappa shape index (κ3) is 7.87. The largest absolute Gasteiger partial charge is 0.507 e. The van der Waals surface area contributed by atoms with Crippen molar-refractivity contribution in [1.82, 2.24) is 35.9 Å². The van der Waals surface area contributed by atoms with E-state index in [0.29, 0.717) is 42.8 Å². The zero-order chi connectivity index (χ0) is 40.6. The molecule has 0 bridgehead atoms. The fourth-order valence-electron chi connectivity index (χ4n) is 8.54. The van der Waals surface area contributed by atoms with Crippen molar-refractivity contribution in [3.63, 3.8) is 0 Å². The third-order valence-corrected chi connectivity index (χ3v) is 12.6. The standard InChI is InChI=1S/C43H48N8O6S/c1-24(2)37(42(55)51-16-7-9-33(51)41(54)46-25(3)27-11-13-28(14-12-27)38-26(4)45-23-58-38)35-19-36(50-57-35)56-17-15-44-40(53)30-21-43(22-30)20-29-18-32(48-49-39(29)47-43)31-8-5-6-10-34(31)52/h5-6,8,10-14,18-19,23-25,30,33,37,52H,7,9,15-17,20-22H2,1-4H3,(H,44,53)(H,46,54)(H,47,49)/t25-,30-,33-,37?,43-/m0/s1. The molecule has 2 aromatic carbocycles. The van der Waals surface area contributed by atoms with E-state index < -0.39 is 12.0 Å². The first-order valence-electron chi connectivity index (χ1n) is 19.9. The van der Waals surface area contributed by atoms with E-state index in [4.69, 9.17) is 9.26 Å². The first-order chi connectivity index (χ1) is 28.0. The van der Waals surface area contributed by atoms with Crippen LogP contribution in [0.2, 0.25) is 0 Å². The van der Waals surface area contributed by atoms with Gasteiger partial charge in [0, 0.05) is 35.2 Å². The molecule has 5 aromatic rings. The number of thiazole rings is 1. The molecule has 0 radical (unpaired) electrons. The number of phenols is 1. The van der Waals surface area contributed by atoms with Gasteiger partial charge in [-0.1, -0.05) is 50.2 Å². The highest BCUT2D eigenvalue weighted by atomic mass is 32.1. The van der Waals surface area contributed by atoms with Gasteiger partial charge in [-0.2, -0.15) is 0 Å². The zero-order valence-electron chi connectivity index (χ0n) is 33.0. The van der Waals surface area contributed by atoms with E-state index in [2.05, 4.69) is 36.3 Å². The van der Waals surface area contributed by atoms with Gasteiger partial charge in [-0.15, -0.1) is 21.5 Å². The first-order valence-corrected chi connectivity index (χ1v) is 20.8. The summed E-state index contributed by atoms with van der Waals surface area (Å²) in [7, 11) is 0. The Kier molecular flexibility index (Phi) is 10.9. The fourth-order valence-corrected chi connectivity index (χ4v) is 9.35. The lowest BCUT2D eigenvalue weighted by molar-refractivity contribution is -0.141. The Morgan fingerprint density at radius 2 is 1.86 bits per heavy atom. The van der Waals surface area contributed by atoms with Crippen LogP contribution in [0, 0.1) is 18.8 Å². The summed E-state index contributed by atoms with van der Waals surface area (Å²) in [6.45, 7) is 8.75. The number of hydrogen-bond acceptors (Lipinski definition) is 12. The van der Waals surface area contributed by atoms with Gasteiger partial charge >= 0.3 is 0 Å². The molecule has 1 saturated heterocycles. The minimum Gasteiger partial charge on any atom is -0.507 e. The van der Waals surface area contributed by atoms with Crippen LogP contribution in [0.15, 0.2) is 70.7 Å². The van der Waals surface area contributed by atoms with Crippen molar-refractivity contribution in [2.75, 3.05) is 25.0 Å². The SMILES string of the molecule is Cc1ncsc1-c1ccc([C@H](C)NC(=O)[C@@H]2CCCN2C(=O)C(c2cc(OCCNC(=O)[C@H]3C[C@@]4(Cc5cc(-c6ccccc6O)nnc5N4)C3)no2)C(C)C)cc1. The van der Waals surface area contributed by atoms with Gasteiger partial charge in [-0.3, -0.25) is 14.4 Å². The number of para-hydroxylation sites is 1. The van der Waals surface area contributed by atoms with Crippen LogP contribution in [0.25, 0.3) is 21.7 Å². The lowest BCUT2D eigenvalue weighted by Crippen LogP contribution is -2.54. The van der Waals surface area contributed by atoms with Crippen molar-refractivity contribution in [3.8, 4) is 33.3 Å². The highest BCUT2D eigenvalue weighted by Gasteiger charge is 2.51. The number of hydrogen-bond donors (Lipinski definition) is 4. The summed E-state index contributed by atoms with van der Waals surface area (Å²) in [6, 6.07) is 17.9. The predicted molar refractivity (Wildman–Crippen MR) is 218 cm³/mol. The van der Waals surface area contributed by atoms with Crippen LogP contribution in [-0.2, 0) is 20.8 Å². The number of aromatic hydroxyl groups is 1. The second-order valence-electron chi connectivity index (χ2n) is 16.0. The van der Waals surface area contributed by atoms with E-state index >= 15 is 0 Å². The Morgan fingerprint density at radius 1 is 1.07 bits per heavy atom. The molecule has 302 valence electrons. The van der Waals surface area contributed by atoms with Crippen LogP contribution < -0.4 is 20.7 Å². The molecule has 3 amide bonds. The summed E-state index contributed by atoms with van der Waals surface area (Å²) < 4.78 is 11.5. The van der Waals surface area contributed by atoms with E-state index in [1.54, 1.807) is 34.4 Å². The Labute approximate surface area is 340 Å². The number of rotatable bonds is 13. The summed E-state index contributed by atoms with van der Waals surface area (Å²) in [6.07, 6.45) is 3.37. The molecule has 3 atom stereocenters. The highest BCUT2D eigenvalue weighted by Crippen LogP contribution is 2.48. The van der Waals surface area contributed by atoms with Gasteiger partial charge in [-0.25, -0.2) is 4.98 Å². The maximum atomic E-state index is 14.1. The molecule has 14 nitrogen and oxygen atoms in total. The molecule has 58 heavy (non-hydrogen) atoms. The van der Waals surface area contributed by atoms with Crippen molar-refractivity contribution in [1.29, 1.82) is 0 Å². The second kappa shape index (κ2) is 16.2. The van der Waals surface area contributed by atoms with E-state index in [1.807, 2.05) is 75.7 Å². The number of nitrogens with zero attached hydrogens (tertiary/aromatic N) is 5. The minimum absolute atomic E-state index is 0.0437. The Bertz CT molecular complexity index is 2300. The predicted octanol–water partition coefficient (Wildman–Crippen LogP) is 6.19. The number of aromatic nitrogens is 4. The highest BCUT2D eigenvalue weighted by molar-refractivity contribution is 7.13. The lowest BCUT2D eigenvalue weighted by atomic mass is 9.66. The molecular weight excluding hydrogens is 757 g/mol. The molecule has 1 saturated carbocycles. The van der Waals surface area contributed by atoms with Crippen molar-refractivity contribution >= 4 is 34.9 Å². The van der Waals surface area contributed by atoms with Crippen LogP contribution in [-0.4, -0.2) is 79.3 Å². The van der Waals surface area contributed by atoms with Crippen LogP contribution in [0.4, 0.5) is 5.82 Å². The number of nitrogens with one attached hydrogen (secondary N) is 3. The molecule has 8 rings (SSSR count). The molecule has 1 aliphatic carbocycles. The molecule has 1 spiro atoms. The van der Waals surface area contributed by atoms with E-state index in [0.717, 1.165) is 45.9 Å². The third-order valence-electron chi connectivity index (χ3n) is 11.6. The van der Waals surface area contributed by atoms with Crippen LogP contribution >= 0.6 is 11.3 Å². The van der Waals surface area contributed by atoms with Gasteiger partial charge in [0.1, 0.15) is 24.3 Å². The fraction of sp³-hybridized carbons (Fsp3) is 0.419. The molecule has 1 unspecified atom stereocenters. The molecular formula is C43H48N8O6S. The number of benzene rings is 2. The van der Waals surface area contributed by atoms with Gasteiger partial charge < -0.3 is 35.2 Å². The maximum Gasteiger partial charge on any atom is 0.254 e. The molecule has 5 heterocycles. The van der Waals surface area contributed by atoms with Gasteiger partial charge in [0.25, 0.3) is 5.88 Å². The molecule has 3 aromatic heterocycles. The summed E-state index contributed by atoms with van der Waals surface area (Å²) in [4.78, 5) is 47.8. The quantitative estimate of drug-likeness (QED) is 0.0996. The van der Waals surface area contributed by atoms with Gasteiger partial charge in [0.15, 0.2) is 11.6 Å². The maximum absolute atomic E-state index is 14.1. The molecule has 3 aliphatic rings. The van der Waals surface area contributed by atoms with Crippen molar-refractivity contribution in [2.45, 2.75) is 83.3 Å². The average Bonchev–Trinajstić information content (AvgIpc) is 4.02. The first kappa shape index (κ1) is 39.0. The smallest absolute Gasteiger partial charge is 0.254 e. The van der Waals surface area contributed by atoms with Gasteiger partial charge in [0.2, 0.25) is 17.7 Å². The zero-order valence-corrected chi connectivity index (χ0v) is 33.8. The van der Waals surface area contributed by atoms with Crippen molar-refractivity contribution < 1.29 is 28.8 Å². The topological polar surface area (TPSA) is 185 Å². The van der Waals surface area contributed by atoms with E-state index in [1.165, 1.54) is 0 Å². The second-order valence-corrected chi connectivity index (χ2v) is 16.9. The summed E-state index contributed by atoms with van der Waals surface area (Å²) in [5, 5.41) is 32.6. The molecule has 2 fully saturated rings. The normalized spacial score (nSPS) is 20.6. The lowest BCUT2D eigenvalue weighted by Gasteiger charge is -2.44. The van der Waals surface area contributed by atoms with Crippen molar-refractivity contribution in [2.24, 2.45) is 11.8 Å². The number of fused-ring (bicyclic) bond motifs is 1. The number of anilines is 1. The Balaban J connectivity index is 0.798. The molecule has 4 N–H and O–H groups in total. The number of carbonyl (C=O) groups is 3. The summed E-state index contributed by atoms with van der Waals surface area (Å²) in [5.74, 6) is 0.145. The number of ether oxygens (including phenoxy) is 1. The van der Waals surface area contributed by atoms with Crippen LogP contribution in [0.1, 0.15) is 81.0 Å².